The van der Waals surface area contributed by atoms with Crippen molar-refractivity contribution in [1.82, 2.24) is 10.3 Å². The Balaban J connectivity index is 2.77. The summed E-state index contributed by atoms with van der Waals surface area (Å²) in [7, 11) is 0. The Hall–Kier alpha value is -1.56. The van der Waals surface area contributed by atoms with Crippen molar-refractivity contribution >= 4 is 23.6 Å². The first-order chi connectivity index (χ1) is 9.31. The number of aryl methyl sites for hydroxylation is 2. The zero-order chi connectivity index (χ0) is 15.3. The van der Waals surface area contributed by atoms with E-state index in [-0.39, 0.29) is 17.2 Å². The normalized spacial score (nSPS) is 10.7. The van der Waals surface area contributed by atoms with E-state index in [0.717, 1.165) is 17.5 Å². The molecule has 110 valence electrons. The number of hydrogen-bond acceptors (Lipinski definition) is 4. The largest absolute Gasteiger partial charge is 0.478 e. The van der Waals surface area contributed by atoms with E-state index in [1.807, 2.05) is 20.8 Å². The molecular formula is C14H20N2O3S. The number of thioether (sulfide) groups is 1. The van der Waals surface area contributed by atoms with Gasteiger partial charge in [0.05, 0.1) is 11.3 Å². The fraction of sp³-hybridized carbons (Fsp3) is 0.500. The molecule has 0 aliphatic rings. The molecule has 1 rings (SSSR count). The van der Waals surface area contributed by atoms with Crippen LogP contribution in [0, 0.1) is 19.8 Å². The van der Waals surface area contributed by atoms with Crippen molar-refractivity contribution < 1.29 is 14.7 Å². The monoisotopic (exact) mass is 296 g/mol. The van der Waals surface area contributed by atoms with Gasteiger partial charge in [-0.25, -0.2) is 9.78 Å². The SMILES string of the molecule is Cc1cc(C)c(C(=O)O)c(SCC(=O)NCC(C)C)n1. The molecule has 2 N–H and O–H groups in total. The van der Waals surface area contributed by atoms with E-state index in [0.29, 0.717) is 23.1 Å². The molecule has 0 saturated heterocycles. The van der Waals surface area contributed by atoms with Gasteiger partial charge in [-0.05, 0) is 31.4 Å². The Morgan fingerprint density at radius 2 is 2.05 bits per heavy atom. The molecule has 0 radical (unpaired) electrons. The Kier molecular flexibility index (Phi) is 6.01. The number of aromatic nitrogens is 1. The number of carbonyl (C=O) groups excluding carboxylic acids is 1. The molecule has 1 aromatic heterocycles. The second-order valence-electron chi connectivity index (χ2n) is 5.05. The smallest absolute Gasteiger partial charge is 0.338 e. The average Bonchev–Trinajstić information content (AvgIpc) is 2.32. The lowest BCUT2D eigenvalue weighted by molar-refractivity contribution is -0.118. The molecule has 1 aromatic rings. The fourth-order valence-corrected chi connectivity index (χ4v) is 2.64. The van der Waals surface area contributed by atoms with Gasteiger partial charge in [0, 0.05) is 12.2 Å². The van der Waals surface area contributed by atoms with Crippen LogP contribution in [0.1, 0.15) is 35.5 Å². The molecule has 5 nitrogen and oxygen atoms in total. The number of amides is 1. The van der Waals surface area contributed by atoms with Gasteiger partial charge in [-0.1, -0.05) is 25.6 Å². The second kappa shape index (κ2) is 7.28. The molecule has 0 aliphatic carbocycles. The molecule has 0 aliphatic heterocycles. The molecule has 0 unspecified atom stereocenters. The highest BCUT2D eigenvalue weighted by Crippen LogP contribution is 2.24. The summed E-state index contributed by atoms with van der Waals surface area (Å²) in [5, 5.41) is 12.4. The molecule has 1 heterocycles. The summed E-state index contributed by atoms with van der Waals surface area (Å²) in [4.78, 5) is 27.1. The van der Waals surface area contributed by atoms with E-state index < -0.39 is 5.97 Å². The Bertz CT molecular complexity index is 515. The van der Waals surface area contributed by atoms with E-state index in [9.17, 15) is 14.7 Å². The van der Waals surface area contributed by atoms with Crippen molar-refractivity contribution in [3.8, 4) is 0 Å². The second-order valence-corrected chi connectivity index (χ2v) is 6.02. The van der Waals surface area contributed by atoms with Crippen LogP contribution in [0.4, 0.5) is 0 Å². The average molecular weight is 296 g/mol. The number of carboxylic acids is 1. The predicted octanol–water partition coefficient (Wildman–Crippen LogP) is 2.26. The van der Waals surface area contributed by atoms with Gasteiger partial charge in [-0.15, -0.1) is 0 Å². The maximum Gasteiger partial charge on any atom is 0.338 e. The van der Waals surface area contributed by atoms with Crippen LogP contribution in [-0.4, -0.2) is 34.3 Å². The Morgan fingerprint density at radius 3 is 2.60 bits per heavy atom. The lowest BCUT2D eigenvalue weighted by Crippen LogP contribution is -2.28. The minimum atomic E-state index is -1.01. The topological polar surface area (TPSA) is 79.3 Å². The summed E-state index contributed by atoms with van der Waals surface area (Å²) < 4.78 is 0. The highest BCUT2D eigenvalue weighted by atomic mass is 32.2. The summed E-state index contributed by atoms with van der Waals surface area (Å²) >= 11 is 1.16. The van der Waals surface area contributed by atoms with Crippen LogP contribution in [0.25, 0.3) is 0 Å². The van der Waals surface area contributed by atoms with Gasteiger partial charge in [-0.3, -0.25) is 4.79 Å². The van der Waals surface area contributed by atoms with Crippen LogP contribution < -0.4 is 5.32 Å². The van der Waals surface area contributed by atoms with Crippen molar-refractivity contribution in [3.05, 3.63) is 22.9 Å². The van der Waals surface area contributed by atoms with Crippen LogP contribution >= 0.6 is 11.8 Å². The van der Waals surface area contributed by atoms with Gasteiger partial charge in [0.2, 0.25) is 5.91 Å². The number of carbonyl (C=O) groups is 2. The minimum Gasteiger partial charge on any atom is -0.478 e. The van der Waals surface area contributed by atoms with Crippen molar-refractivity contribution in [2.75, 3.05) is 12.3 Å². The molecule has 1 amide bonds. The van der Waals surface area contributed by atoms with Gasteiger partial charge in [0.1, 0.15) is 5.03 Å². The number of carboxylic acid groups (broad SMARTS) is 1. The van der Waals surface area contributed by atoms with Crippen LogP contribution in [0.5, 0.6) is 0 Å². The first-order valence-corrected chi connectivity index (χ1v) is 7.40. The lowest BCUT2D eigenvalue weighted by Gasteiger charge is -2.10. The third-order valence-electron chi connectivity index (χ3n) is 2.57. The van der Waals surface area contributed by atoms with E-state index >= 15 is 0 Å². The number of rotatable bonds is 6. The highest BCUT2D eigenvalue weighted by Gasteiger charge is 2.17. The highest BCUT2D eigenvalue weighted by molar-refractivity contribution is 8.00. The molecule has 0 aromatic carbocycles. The van der Waals surface area contributed by atoms with E-state index in [1.54, 1.807) is 13.0 Å². The quantitative estimate of drug-likeness (QED) is 0.787. The molecule has 6 heteroatoms. The van der Waals surface area contributed by atoms with E-state index in [2.05, 4.69) is 10.3 Å². The summed E-state index contributed by atoms with van der Waals surface area (Å²) in [5.74, 6) is -0.568. The Labute approximate surface area is 123 Å². The lowest BCUT2D eigenvalue weighted by atomic mass is 10.1. The van der Waals surface area contributed by atoms with Gasteiger partial charge in [0.15, 0.2) is 0 Å². The summed E-state index contributed by atoms with van der Waals surface area (Å²) in [5.41, 5.74) is 1.59. The van der Waals surface area contributed by atoms with Crippen molar-refractivity contribution in [2.24, 2.45) is 5.92 Å². The first-order valence-electron chi connectivity index (χ1n) is 6.42. The third-order valence-corrected chi connectivity index (χ3v) is 3.55. The molecule has 0 spiro atoms. The third kappa shape index (κ3) is 4.85. The number of hydrogen-bond donors (Lipinski definition) is 2. The number of nitrogens with one attached hydrogen (secondary N) is 1. The minimum absolute atomic E-state index is 0.110. The summed E-state index contributed by atoms with van der Waals surface area (Å²) in [6.07, 6.45) is 0. The van der Waals surface area contributed by atoms with Crippen molar-refractivity contribution in [1.29, 1.82) is 0 Å². The maximum absolute atomic E-state index is 11.7. The number of nitrogens with zero attached hydrogens (tertiary/aromatic N) is 1. The maximum atomic E-state index is 11.7. The van der Waals surface area contributed by atoms with Crippen molar-refractivity contribution in [2.45, 2.75) is 32.7 Å². The summed E-state index contributed by atoms with van der Waals surface area (Å²) in [6, 6.07) is 1.73. The Morgan fingerprint density at radius 1 is 1.40 bits per heavy atom. The molecule has 0 bridgehead atoms. The van der Waals surface area contributed by atoms with Gasteiger partial charge < -0.3 is 10.4 Å². The predicted molar refractivity (Wildman–Crippen MR) is 79.2 cm³/mol. The molecule has 0 atom stereocenters. The number of aromatic carboxylic acids is 1. The van der Waals surface area contributed by atoms with Gasteiger partial charge in [-0.2, -0.15) is 0 Å². The fourth-order valence-electron chi connectivity index (χ4n) is 1.67. The van der Waals surface area contributed by atoms with E-state index in [4.69, 9.17) is 0 Å². The van der Waals surface area contributed by atoms with Crippen LogP contribution in [0.3, 0.4) is 0 Å². The van der Waals surface area contributed by atoms with E-state index in [1.165, 1.54) is 0 Å². The van der Waals surface area contributed by atoms with Crippen LogP contribution in [0.15, 0.2) is 11.1 Å². The first kappa shape index (κ1) is 16.5. The van der Waals surface area contributed by atoms with Crippen LogP contribution in [-0.2, 0) is 4.79 Å². The summed E-state index contributed by atoms with van der Waals surface area (Å²) in [6.45, 7) is 8.19. The number of pyridine rings is 1. The van der Waals surface area contributed by atoms with Gasteiger partial charge in [0.25, 0.3) is 0 Å². The zero-order valence-electron chi connectivity index (χ0n) is 12.2. The molecule has 0 fully saturated rings. The standard InChI is InChI=1S/C14H20N2O3S/c1-8(2)6-15-11(17)7-20-13-12(14(18)19)9(3)5-10(4)16-13/h5,8H,6-7H2,1-4H3,(H,15,17)(H,18,19). The van der Waals surface area contributed by atoms with Crippen molar-refractivity contribution in [3.63, 3.8) is 0 Å². The molecule has 20 heavy (non-hydrogen) atoms. The van der Waals surface area contributed by atoms with Gasteiger partial charge >= 0.3 is 5.97 Å². The molecular weight excluding hydrogens is 276 g/mol. The zero-order valence-corrected chi connectivity index (χ0v) is 13.0. The molecule has 0 saturated carbocycles. The van der Waals surface area contributed by atoms with Crippen LogP contribution in [0.2, 0.25) is 0 Å².